The SMILES string of the molecule is Fc1cc(-c2c(F)c(F)c(F)c3c2C(F)c2c(F)c(F)c(F)c(F)c2-3)c(F)c(F)c1F. The normalized spacial score (nSPS) is 14.8. The molecule has 0 saturated carbocycles. The molecule has 0 aromatic heterocycles. The van der Waals surface area contributed by atoms with E-state index in [1.54, 1.807) is 0 Å². The summed E-state index contributed by atoms with van der Waals surface area (Å²) in [7, 11) is 0. The second kappa shape index (κ2) is 6.66. The quantitative estimate of drug-likeness (QED) is 0.211. The summed E-state index contributed by atoms with van der Waals surface area (Å²) < 4.78 is 168. The van der Waals surface area contributed by atoms with Crippen molar-refractivity contribution in [2.45, 2.75) is 6.17 Å². The van der Waals surface area contributed by atoms with Crippen molar-refractivity contribution in [1.29, 1.82) is 0 Å². The lowest BCUT2D eigenvalue weighted by Crippen LogP contribution is -2.07. The smallest absolute Gasteiger partial charge is 0.198 e. The van der Waals surface area contributed by atoms with Crippen LogP contribution in [0.15, 0.2) is 6.07 Å². The van der Waals surface area contributed by atoms with Gasteiger partial charge < -0.3 is 0 Å². The number of fused-ring (bicyclic) bond motifs is 3. The molecule has 1 unspecified atom stereocenters. The van der Waals surface area contributed by atoms with Crippen molar-refractivity contribution >= 4 is 0 Å². The van der Waals surface area contributed by atoms with Crippen LogP contribution in [0.4, 0.5) is 52.7 Å². The van der Waals surface area contributed by atoms with Crippen molar-refractivity contribution in [3.05, 3.63) is 81.2 Å². The van der Waals surface area contributed by atoms with Crippen LogP contribution in [0.2, 0.25) is 0 Å². The van der Waals surface area contributed by atoms with Crippen molar-refractivity contribution in [2.75, 3.05) is 0 Å². The summed E-state index contributed by atoms with van der Waals surface area (Å²) in [6.07, 6.45) is -3.26. The summed E-state index contributed by atoms with van der Waals surface area (Å²) in [5.74, 6) is -26.8. The van der Waals surface area contributed by atoms with E-state index in [4.69, 9.17) is 0 Å². The van der Waals surface area contributed by atoms with Gasteiger partial charge in [-0.1, -0.05) is 0 Å². The number of rotatable bonds is 1. The zero-order valence-electron chi connectivity index (χ0n) is 14.2. The molecule has 12 heteroatoms. The number of halogens is 12. The molecule has 0 aliphatic heterocycles. The Kier molecular flexibility index (Phi) is 4.53. The Morgan fingerprint density at radius 2 is 0.839 bits per heavy atom. The van der Waals surface area contributed by atoms with Gasteiger partial charge in [-0.2, -0.15) is 0 Å². The second-order valence-corrected chi connectivity index (χ2v) is 6.36. The maximum atomic E-state index is 15.0. The van der Waals surface area contributed by atoms with Crippen LogP contribution in [0.3, 0.4) is 0 Å². The first-order valence-electron chi connectivity index (χ1n) is 7.95. The molecule has 3 aromatic rings. The van der Waals surface area contributed by atoms with Crippen LogP contribution >= 0.6 is 0 Å². The molecule has 31 heavy (non-hydrogen) atoms. The molecule has 1 aliphatic carbocycles. The van der Waals surface area contributed by atoms with Crippen LogP contribution in [-0.4, -0.2) is 0 Å². The molecule has 0 amide bonds. The molecular weight excluding hydrogens is 456 g/mol. The fourth-order valence-electron chi connectivity index (χ4n) is 3.47. The van der Waals surface area contributed by atoms with Crippen molar-refractivity contribution in [3.63, 3.8) is 0 Å². The Balaban J connectivity index is 2.23. The summed E-state index contributed by atoms with van der Waals surface area (Å²) >= 11 is 0. The van der Waals surface area contributed by atoms with Crippen molar-refractivity contribution < 1.29 is 52.7 Å². The lowest BCUT2D eigenvalue weighted by atomic mass is 9.93. The van der Waals surface area contributed by atoms with Gasteiger partial charge in [-0.15, -0.1) is 0 Å². The van der Waals surface area contributed by atoms with E-state index in [0.29, 0.717) is 0 Å². The van der Waals surface area contributed by atoms with Gasteiger partial charge in [0.15, 0.2) is 70.2 Å². The highest BCUT2D eigenvalue weighted by molar-refractivity contribution is 5.87. The van der Waals surface area contributed by atoms with E-state index in [2.05, 4.69) is 0 Å². The minimum Gasteiger partial charge on any atom is -0.237 e. The Hall–Kier alpha value is -3.18. The molecule has 1 atom stereocenters. The van der Waals surface area contributed by atoms with Crippen LogP contribution in [0.5, 0.6) is 0 Å². The van der Waals surface area contributed by atoms with Gasteiger partial charge >= 0.3 is 0 Å². The standard InChI is InChI=1S/C19H2F12/c20-3-1-2(9(21)16(28)10(3)22)4-5-6(13(25)17(29)12(4)24)7-8(11(5)23)15(27)19(31)18(30)14(7)26/h1,11H. The lowest BCUT2D eigenvalue weighted by Gasteiger charge is -2.15. The molecule has 162 valence electrons. The van der Waals surface area contributed by atoms with Gasteiger partial charge in [-0.3, -0.25) is 0 Å². The number of hydrogen-bond acceptors (Lipinski definition) is 0. The molecule has 0 heterocycles. The van der Waals surface area contributed by atoms with Gasteiger partial charge in [0.25, 0.3) is 0 Å². The first-order chi connectivity index (χ1) is 14.4. The molecular formula is C19H2F12. The summed E-state index contributed by atoms with van der Waals surface area (Å²) in [5, 5.41) is 0. The van der Waals surface area contributed by atoms with E-state index >= 15 is 0 Å². The maximum Gasteiger partial charge on any atom is 0.198 e. The predicted molar refractivity (Wildman–Crippen MR) is 79.8 cm³/mol. The largest absolute Gasteiger partial charge is 0.237 e. The maximum absolute atomic E-state index is 15.0. The van der Waals surface area contributed by atoms with Crippen molar-refractivity contribution in [2.24, 2.45) is 0 Å². The second-order valence-electron chi connectivity index (χ2n) is 6.36. The Morgan fingerprint density at radius 1 is 0.419 bits per heavy atom. The van der Waals surface area contributed by atoms with Crippen LogP contribution in [0.25, 0.3) is 22.3 Å². The fraction of sp³-hybridized carbons (Fsp3) is 0.0526. The average molecular weight is 458 g/mol. The molecule has 1 aliphatic rings. The van der Waals surface area contributed by atoms with E-state index in [-0.39, 0.29) is 6.07 Å². The van der Waals surface area contributed by atoms with E-state index in [1.165, 1.54) is 0 Å². The molecule has 0 nitrogen and oxygen atoms in total. The Labute approximate surface area is 163 Å². The van der Waals surface area contributed by atoms with Crippen LogP contribution in [-0.2, 0) is 0 Å². The average Bonchev–Trinajstić information content (AvgIpc) is 3.04. The molecule has 3 aromatic carbocycles. The number of hydrogen-bond donors (Lipinski definition) is 0. The molecule has 0 spiro atoms. The highest BCUT2D eigenvalue weighted by Crippen LogP contribution is 2.54. The first-order valence-corrected chi connectivity index (χ1v) is 7.95. The van der Waals surface area contributed by atoms with E-state index in [0.717, 1.165) is 0 Å². The monoisotopic (exact) mass is 458 g/mol. The minimum absolute atomic E-state index is 0.243. The number of benzene rings is 3. The van der Waals surface area contributed by atoms with Crippen LogP contribution in [0, 0.1) is 64.0 Å². The molecule has 0 fully saturated rings. The Bertz CT molecular complexity index is 1310. The van der Waals surface area contributed by atoms with Gasteiger partial charge in [0.1, 0.15) is 0 Å². The molecule has 0 bridgehead atoms. The van der Waals surface area contributed by atoms with Gasteiger partial charge in [0, 0.05) is 33.4 Å². The summed E-state index contributed by atoms with van der Waals surface area (Å²) in [5.41, 5.74) is -10.1. The van der Waals surface area contributed by atoms with Gasteiger partial charge in [-0.05, 0) is 6.07 Å². The first kappa shape index (κ1) is 21.1. The van der Waals surface area contributed by atoms with Crippen molar-refractivity contribution in [3.8, 4) is 22.3 Å². The summed E-state index contributed by atoms with van der Waals surface area (Å²) in [6, 6.07) is -0.243. The summed E-state index contributed by atoms with van der Waals surface area (Å²) in [6.45, 7) is 0. The molecule has 4 rings (SSSR count). The molecule has 0 N–H and O–H groups in total. The van der Waals surface area contributed by atoms with Crippen LogP contribution < -0.4 is 0 Å². The minimum atomic E-state index is -3.26. The Morgan fingerprint density at radius 3 is 1.42 bits per heavy atom. The lowest BCUT2D eigenvalue weighted by molar-refractivity contribution is 0.365. The molecule has 0 radical (unpaired) electrons. The molecule has 0 saturated heterocycles. The zero-order valence-corrected chi connectivity index (χ0v) is 14.2. The van der Waals surface area contributed by atoms with Crippen molar-refractivity contribution in [1.82, 2.24) is 0 Å². The van der Waals surface area contributed by atoms with E-state index < -0.39 is 104 Å². The highest BCUT2D eigenvalue weighted by atomic mass is 19.2. The summed E-state index contributed by atoms with van der Waals surface area (Å²) in [4.78, 5) is 0. The fourth-order valence-corrected chi connectivity index (χ4v) is 3.47. The van der Waals surface area contributed by atoms with Gasteiger partial charge in [-0.25, -0.2) is 52.7 Å². The predicted octanol–water partition coefficient (Wildman–Crippen LogP) is 6.92. The van der Waals surface area contributed by atoms with E-state index in [1.807, 2.05) is 0 Å². The highest BCUT2D eigenvalue weighted by Gasteiger charge is 2.45. The van der Waals surface area contributed by atoms with Crippen LogP contribution in [0.1, 0.15) is 17.3 Å². The third-order valence-corrected chi connectivity index (χ3v) is 4.80. The zero-order chi connectivity index (χ0) is 23.1. The van der Waals surface area contributed by atoms with E-state index in [9.17, 15) is 52.7 Å². The third kappa shape index (κ3) is 2.53. The van der Waals surface area contributed by atoms with Gasteiger partial charge in [0.05, 0.1) is 0 Å². The van der Waals surface area contributed by atoms with Gasteiger partial charge in [0.2, 0.25) is 0 Å². The third-order valence-electron chi connectivity index (χ3n) is 4.80. The number of alkyl halides is 1. The topological polar surface area (TPSA) is 0 Å².